The fraction of sp³-hybridized carbons (Fsp3) is 0.167. The number of aromatic nitrogens is 7. The SMILES string of the molecule is COc1ccc(Nc2ncc(CN(C)c3ccncc3)cc2-c2nc(C)nc3[nH]cnc23)cn1. The largest absolute Gasteiger partial charge is 0.481 e. The lowest BCUT2D eigenvalue weighted by Crippen LogP contribution is -2.16. The Labute approximate surface area is 196 Å². The molecule has 0 aliphatic heterocycles. The van der Waals surface area contributed by atoms with Crippen molar-refractivity contribution < 1.29 is 4.74 Å². The van der Waals surface area contributed by atoms with Gasteiger partial charge in [0.25, 0.3) is 0 Å². The van der Waals surface area contributed by atoms with Gasteiger partial charge in [-0.25, -0.2) is 24.9 Å². The first kappa shape index (κ1) is 21.3. The van der Waals surface area contributed by atoms with Crippen molar-refractivity contribution >= 4 is 28.4 Å². The summed E-state index contributed by atoms with van der Waals surface area (Å²) in [4.78, 5) is 32.0. The fourth-order valence-electron chi connectivity index (χ4n) is 3.69. The molecule has 5 aromatic heterocycles. The first-order chi connectivity index (χ1) is 16.6. The van der Waals surface area contributed by atoms with Gasteiger partial charge in [0.05, 0.1) is 25.3 Å². The Morgan fingerprint density at radius 2 is 1.88 bits per heavy atom. The number of nitrogens with one attached hydrogen (secondary N) is 2. The number of aryl methyl sites for hydroxylation is 1. The van der Waals surface area contributed by atoms with Crippen LogP contribution in [-0.4, -0.2) is 49.0 Å². The van der Waals surface area contributed by atoms with Crippen LogP contribution in [0.3, 0.4) is 0 Å². The summed E-state index contributed by atoms with van der Waals surface area (Å²) in [5.74, 6) is 1.82. The Kier molecular flexibility index (Phi) is 5.69. The average molecular weight is 454 g/mol. The van der Waals surface area contributed by atoms with E-state index < -0.39 is 0 Å². The van der Waals surface area contributed by atoms with Crippen LogP contribution in [0.2, 0.25) is 0 Å². The molecule has 10 nitrogen and oxygen atoms in total. The van der Waals surface area contributed by atoms with E-state index in [9.17, 15) is 0 Å². The van der Waals surface area contributed by atoms with E-state index in [1.807, 2.05) is 38.4 Å². The molecule has 170 valence electrons. The van der Waals surface area contributed by atoms with Gasteiger partial charge in [-0.05, 0) is 36.8 Å². The van der Waals surface area contributed by atoms with Crippen LogP contribution in [0.15, 0.2) is 61.4 Å². The van der Waals surface area contributed by atoms with E-state index in [-0.39, 0.29) is 0 Å². The average Bonchev–Trinajstić information content (AvgIpc) is 3.34. The Balaban J connectivity index is 1.57. The van der Waals surface area contributed by atoms with Crippen molar-refractivity contribution in [2.24, 2.45) is 0 Å². The zero-order valence-corrected chi connectivity index (χ0v) is 19.0. The first-order valence-electron chi connectivity index (χ1n) is 10.7. The van der Waals surface area contributed by atoms with Crippen LogP contribution in [-0.2, 0) is 6.54 Å². The molecule has 0 saturated carbocycles. The third kappa shape index (κ3) is 4.33. The number of pyridine rings is 3. The molecule has 0 spiro atoms. The van der Waals surface area contributed by atoms with Crippen LogP contribution in [0.4, 0.5) is 17.2 Å². The van der Waals surface area contributed by atoms with Gasteiger partial charge in [-0.3, -0.25) is 4.98 Å². The Bertz CT molecular complexity index is 1420. The Morgan fingerprint density at radius 3 is 2.65 bits per heavy atom. The number of nitrogens with zero attached hydrogens (tertiary/aromatic N) is 7. The highest BCUT2D eigenvalue weighted by Gasteiger charge is 2.17. The number of ether oxygens (including phenoxy) is 1. The molecule has 0 bridgehead atoms. The number of H-pyrrole nitrogens is 1. The first-order valence-corrected chi connectivity index (χ1v) is 10.7. The summed E-state index contributed by atoms with van der Waals surface area (Å²) < 4.78 is 5.16. The topological polar surface area (TPSA) is 118 Å². The molecule has 5 heterocycles. The molecule has 0 fully saturated rings. The van der Waals surface area contributed by atoms with Crippen molar-refractivity contribution in [1.29, 1.82) is 0 Å². The van der Waals surface area contributed by atoms with Gasteiger partial charge in [0.2, 0.25) is 5.88 Å². The van der Waals surface area contributed by atoms with Gasteiger partial charge in [0, 0.05) is 49.5 Å². The summed E-state index contributed by atoms with van der Waals surface area (Å²) in [6, 6.07) is 9.71. The van der Waals surface area contributed by atoms with Crippen molar-refractivity contribution in [3.05, 3.63) is 72.8 Å². The van der Waals surface area contributed by atoms with E-state index in [0.717, 1.165) is 22.5 Å². The van der Waals surface area contributed by atoms with Gasteiger partial charge in [-0.15, -0.1) is 0 Å². The van der Waals surface area contributed by atoms with E-state index in [1.54, 1.807) is 38.1 Å². The van der Waals surface area contributed by atoms with Crippen LogP contribution >= 0.6 is 0 Å². The van der Waals surface area contributed by atoms with Gasteiger partial charge < -0.3 is 19.9 Å². The maximum atomic E-state index is 5.16. The summed E-state index contributed by atoms with van der Waals surface area (Å²) in [6.07, 6.45) is 8.74. The molecule has 5 aromatic rings. The summed E-state index contributed by atoms with van der Waals surface area (Å²) in [7, 11) is 3.62. The molecule has 0 saturated heterocycles. The summed E-state index contributed by atoms with van der Waals surface area (Å²) in [6.45, 7) is 2.51. The predicted octanol–water partition coefficient (Wildman–Crippen LogP) is 3.90. The molecule has 0 unspecified atom stereocenters. The van der Waals surface area contributed by atoms with Crippen molar-refractivity contribution in [1.82, 2.24) is 34.9 Å². The lowest BCUT2D eigenvalue weighted by Gasteiger charge is -2.20. The molecule has 5 rings (SSSR count). The summed E-state index contributed by atoms with van der Waals surface area (Å²) >= 11 is 0. The molecule has 0 radical (unpaired) electrons. The highest BCUT2D eigenvalue weighted by molar-refractivity contribution is 5.91. The molecule has 34 heavy (non-hydrogen) atoms. The minimum atomic E-state index is 0.540. The van der Waals surface area contributed by atoms with Crippen molar-refractivity contribution in [3.63, 3.8) is 0 Å². The monoisotopic (exact) mass is 453 g/mol. The highest BCUT2D eigenvalue weighted by Crippen LogP contribution is 2.32. The number of hydrogen-bond donors (Lipinski definition) is 2. The third-order valence-corrected chi connectivity index (χ3v) is 5.32. The van der Waals surface area contributed by atoms with Crippen LogP contribution in [0.25, 0.3) is 22.4 Å². The smallest absolute Gasteiger partial charge is 0.213 e. The number of anilines is 3. The molecule has 0 aromatic carbocycles. The van der Waals surface area contributed by atoms with Crippen LogP contribution in [0.5, 0.6) is 5.88 Å². The second-order valence-electron chi connectivity index (χ2n) is 7.73. The minimum Gasteiger partial charge on any atom is -0.481 e. The fourth-order valence-corrected chi connectivity index (χ4v) is 3.69. The quantitative estimate of drug-likeness (QED) is 0.378. The molecule has 0 amide bonds. The zero-order valence-electron chi connectivity index (χ0n) is 19.0. The second kappa shape index (κ2) is 9.10. The molecule has 2 N–H and O–H groups in total. The van der Waals surface area contributed by atoms with Crippen LogP contribution in [0, 0.1) is 6.92 Å². The summed E-state index contributed by atoms with van der Waals surface area (Å²) in [5.41, 5.74) is 5.75. The zero-order chi connectivity index (χ0) is 23.5. The number of fused-ring (bicyclic) bond motifs is 1. The molecule has 0 aliphatic carbocycles. The predicted molar refractivity (Wildman–Crippen MR) is 130 cm³/mol. The van der Waals surface area contributed by atoms with Crippen LogP contribution in [0.1, 0.15) is 11.4 Å². The molecular weight excluding hydrogens is 430 g/mol. The highest BCUT2D eigenvalue weighted by atomic mass is 16.5. The number of imidazole rings is 1. The maximum absolute atomic E-state index is 5.16. The van der Waals surface area contributed by atoms with E-state index in [0.29, 0.717) is 40.9 Å². The standard InChI is InChI=1S/C24H23N9O/c1-15-30-21(22-24(31-15)29-14-28-22)19-10-16(13-33(2)18-6-8-25-9-7-18)11-27-23(19)32-17-4-5-20(34-3)26-12-17/h4-12,14H,13H2,1-3H3,(H,27,32)(H,28,29,30,31). The molecular formula is C24H23N9O. The van der Waals surface area contributed by atoms with Gasteiger partial charge in [-0.2, -0.15) is 0 Å². The maximum Gasteiger partial charge on any atom is 0.213 e. The van der Waals surface area contributed by atoms with Gasteiger partial charge in [-0.1, -0.05) is 0 Å². The lowest BCUT2D eigenvalue weighted by molar-refractivity contribution is 0.398. The van der Waals surface area contributed by atoms with Gasteiger partial charge in [0.1, 0.15) is 22.9 Å². The van der Waals surface area contributed by atoms with Crippen LogP contribution < -0.4 is 15.0 Å². The normalized spacial score (nSPS) is 10.9. The Hall–Kier alpha value is -4.60. The van der Waals surface area contributed by atoms with E-state index in [4.69, 9.17) is 14.7 Å². The summed E-state index contributed by atoms with van der Waals surface area (Å²) in [5, 5.41) is 3.36. The number of rotatable bonds is 7. The minimum absolute atomic E-state index is 0.540. The van der Waals surface area contributed by atoms with Crippen molar-refractivity contribution in [3.8, 4) is 17.1 Å². The van der Waals surface area contributed by atoms with Crippen molar-refractivity contribution in [2.75, 3.05) is 24.4 Å². The van der Waals surface area contributed by atoms with Crippen molar-refractivity contribution in [2.45, 2.75) is 13.5 Å². The molecule has 0 aliphatic rings. The number of hydrogen-bond acceptors (Lipinski definition) is 9. The lowest BCUT2D eigenvalue weighted by atomic mass is 10.1. The molecule has 0 atom stereocenters. The third-order valence-electron chi connectivity index (χ3n) is 5.32. The number of methoxy groups -OCH3 is 1. The second-order valence-corrected chi connectivity index (χ2v) is 7.73. The van der Waals surface area contributed by atoms with Gasteiger partial charge in [0.15, 0.2) is 5.65 Å². The van der Waals surface area contributed by atoms with E-state index in [2.05, 4.69) is 41.2 Å². The van der Waals surface area contributed by atoms with Gasteiger partial charge >= 0.3 is 0 Å². The van der Waals surface area contributed by atoms with E-state index >= 15 is 0 Å². The van der Waals surface area contributed by atoms with E-state index in [1.165, 1.54) is 0 Å². The number of aromatic amines is 1. The Morgan fingerprint density at radius 1 is 1.03 bits per heavy atom. The molecule has 10 heteroatoms.